The number of thiophene rings is 1. The van der Waals surface area contributed by atoms with Gasteiger partial charge in [0.2, 0.25) is 0 Å². The molecule has 0 fully saturated rings. The van der Waals surface area contributed by atoms with Crippen molar-refractivity contribution in [2.45, 2.75) is 13.2 Å². The Morgan fingerprint density at radius 3 is 1.50 bits per heavy atom. The summed E-state index contributed by atoms with van der Waals surface area (Å²) in [5.41, 5.74) is 8.02. The Labute approximate surface area is 202 Å². The van der Waals surface area contributed by atoms with Crippen LogP contribution in [0.3, 0.4) is 0 Å². The van der Waals surface area contributed by atoms with Gasteiger partial charge in [-0.2, -0.15) is 0 Å². The number of ether oxygens (including phenoxy) is 1. The summed E-state index contributed by atoms with van der Waals surface area (Å²) in [6.45, 7) is 1.22. The van der Waals surface area contributed by atoms with Crippen molar-refractivity contribution in [2.24, 2.45) is 0 Å². The molecule has 0 atom stereocenters. The smallest absolute Gasteiger partial charge is 0.123 e. The molecule has 1 aliphatic rings. The van der Waals surface area contributed by atoms with Crippen molar-refractivity contribution < 1.29 is 9.13 Å². The van der Waals surface area contributed by atoms with Crippen LogP contribution in [0, 0.1) is 5.82 Å². The first-order valence-corrected chi connectivity index (χ1v) is 12.1. The highest BCUT2D eigenvalue weighted by Gasteiger charge is 2.25. The lowest BCUT2D eigenvalue weighted by Gasteiger charge is -2.25. The molecule has 34 heavy (non-hydrogen) atoms. The van der Waals surface area contributed by atoms with Crippen molar-refractivity contribution in [2.75, 3.05) is 4.90 Å². The predicted octanol–water partition coefficient (Wildman–Crippen LogP) is 8.72. The molecule has 0 saturated carbocycles. The van der Waals surface area contributed by atoms with E-state index in [-0.39, 0.29) is 5.82 Å². The fourth-order valence-corrected chi connectivity index (χ4v) is 5.81. The molecule has 0 N–H and O–H groups in total. The maximum Gasteiger partial charge on any atom is 0.123 e. The minimum Gasteiger partial charge on any atom is -0.372 e. The van der Waals surface area contributed by atoms with Crippen LogP contribution in [0.4, 0.5) is 21.5 Å². The lowest BCUT2D eigenvalue weighted by Crippen LogP contribution is -2.09. The van der Waals surface area contributed by atoms with Crippen molar-refractivity contribution in [3.63, 3.8) is 0 Å². The maximum atomic E-state index is 13.5. The van der Waals surface area contributed by atoms with E-state index in [4.69, 9.17) is 4.74 Å². The molecular weight excluding hydrogens is 441 g/mol. The molecule has 4 heteroatoms. The van der Waals surface area contributed by atoms with Crippen molar-refractivity contribution in [1.82, 2.24) is 0 Å². The lowest BCUT2D eigenvalue weighted by atomic mass is 10.0. The zero-order chi connectivity index (χ0) is 22.9. The van der Waals surface area contributed by atoms with Gasteiger partial charge in [-0.15, -0.1) is 11.3 Å². The van der Waals surface area contributed by atoms with Crippen LogP contribution in [0.5, 0.6) is 0 Å². The van der Waals surface area contributed by atoms with Crippen LogP contribution in [0.2, 0.25) is 0 Å². The molecule has 6 rings (SSSR count). The SMILES string of the molecule is Fc1ccc(-c2sc(-c3ccc(N(c4ccccc4)c4ccccc4)cc3)c3c2COC3)cc1. The van der Waals surface area contributed by atoms with E-state index < -0.39 is 0 Å². The first-order chi connectivity index (χ1) is 16.8. The van der Waals surface area contributed by atoms with Gasteiger partial charge in [0.25, 0.3) is 0 Å². The fraction of sp³-hybridized carbons (Fsp3) is 0.0667. The van der Waals surface area contributed by atoms with E-state index in [1.54, 1.807) is 11.3 Å². The molecule has 5 aromatic rings. The van der Waals surface area contributed by atoms with Gasteiger partial charge in [-0.3, -0.25) is 0 Å². The van der Waals surface area contributed by atoms with Gasteiger partial charge in [-0.1, -0.05) is 60.7 Å². The molecule has 0 radical (unpaired) electrons. The van der Waals surface area contributed by atoms with E-state index in [1.165, 1.54) is 38.6 Å². The minimum absolute atomic E-state index is 0.217. The average Bonchev–Trinajstić information content (AvgIpc) is 3.50. The van der Waals surface area contributed by atoms with Gasteiger partial charge in [0.05, 0.1) is 13.2 Å². The lowest BCUT2D eigenvalue weighted by molar-refractivity contribution is 0.135. The number of benzene rings is 4. The first kappa shape index (κ1) is 20.8. The van der Waals surface area contributed by atoms with Crippen LogP contribution < -0.4 is 4.90 Å². The zero-order valence-corrected chi connectivity index (χ0v) is 19.3. The van der Waals surface area contributed by atoms with Crippen LogP contribution in [0.25, 0.3) is 20.9 Å². The summed E-state index contributed by atoms with van der Waals surface area (Å²) >= 11 is 1.76. The summed E-state index contributed by atoms with van der Waals surface area (Å²) in [4.78, 5) is 4.65. The summed E-state index contributed by atoms with van der Waals surface area (Å²) in [6.07, 6.45) is 0. The molecule has 4 aromatic carbocycles. The number of hydrogen-bond donors (Lipinski definition) is 0. The van der Waals surface area contributed by atoms with Gasteiger partial charge in [0.1, 0.15) is 5.82 Å². The van der Waals surface area contributed by atoms with Crippen LogP contribution >= 0.6 is 11.3 Å². The predicted molar refractivity (Wildman–Crippen MR) is 138 cm³/mol. The van der Waals surface area contributed by atoms with Gasteiger partial charge >= 0.3 is 0 Å². The van der Waals surface area contributed by atoms with Crippen LogP contribution in [-0.4, -0.2) is 0 Å². The van der Waals surface area contributed by atoms with Gasteiger partial charge < -0.3 is 9.64 Å². The fourth-order valence-electron chi connectivity index (χ4n) is 4.49. The third-order valence-corrected chi connectivity index (χ3v) is 7.50. The number of halogens is 1. The second-order valence-electron chi connectivity index (χ2n) is 8.27. The van der Waals surface area contributed by atoms with Crippen molar-refractivity contribution >= 4 is 28.4 Å². The van der Waals surface area contributed by atoms with Crippen LogP contribution in [0.1, 0.15) is 11.1 Å². The summed E-state index contributed by atoms with van der Waals surface area (Å²) in [5, 5.41) is 0. The molecular formula is C30H22FNOS. The molecule has 2 nitrogen and oxygen atoms in total. The van der Waals surface area contributed by atoms with Crippen molar-refractivity contribution in [3.8, 4) is 20.9 Å². The van der Waals surface area contributed by atoms with E-state index in [0.29, 0.717) is 13.2 Å². The van der Waals surface area contributed by atoms with E-state index in [2.05, 4.69) is 77.7 Å². The van der Waals surface area contributed by atoms with E-state index in [9.17, 15) is 4.39 Å². The molecule has 1 aromatic heterocycles. The largest absolute Gasteiger partial charge is 0.372 e. The number of fused-ring (bicyclic) bond motifs is 1. The van der Waals surface area contributed by atoms with Gasteiger partial charge in [-0.05, 0) is 59.7 Å². The Bertz CT molecular complexity index is 1370. The van der Waals surface area contributed by atoms with E-state index in [0.717, 1.165) is 22.6 Å². The van der Waals surface area contributed by atoms with E-state index >= 15 is 0 Å². The molecule has 0 aliphatic carbocycles. The Morgan fingerprint density at radius 1 is 0.559 bits per heavy atom. The summed E-state index contributed by atoms with van der Waals surface area (Å²) in [5.74, 6) is -0.217. The molecule has 0 spiro atoms. The number of nitrogens with zero attached hydrogens (tertiary/aromatic N) is 1. The number of para-hydroxylation sites is 2. The van der Waals surface area contributed by atoms with Crippen LogP contribution in [-0.2, 0) is 18.0 Å². The number of rotatable bonds is 5. The Balaban J connectivity index is 1.40. The van der Waals surface area contributed by atoms with Crippen molar-refractivity contribution in [3.05, 3.63) is 126 Å². The van der Waals surface area contributed by atoms with Gasteiger partial charge in [0.15, 0.2) is 0 Å². The zero-order valence-electron chi connectivity index (χ0n) is 18.4. The molecule has 166 valence electrons. The van der Waals surface area contributed by atoms with Gasteiger partial charge in [0, 0.05) is 37.9 Å². The monoisotopic (exact) mass is 463 g/mol. The van der Waals surface area contributed by atoms with E-state index in [1.807, 2.05) is 24.3 Å². The Hall–Kier alpha value is -3.73. The molecule has 0 unspecified atom stereocenters. The molecule has 2 heterocycles. The molecule has 0 saturated heterocycles. The second-order valence-corrected chi connectivity index (χ2v) is 9.29. The molecule has 0 amide bonds. The second kappa shape index (κ2) is 8.90. The topological polar surface area (TPSA) is 12.5 Å². The summed E-state index contributed by atoms with van der Waals surface area (Å²) in [7, 11) is 0. The minimum atomic E-state index is -0.217. The Kier molecular flexibility index (Phi) is 5.46. The average molecular weight is 464 g/mol. The van der Waals surface area contributed by atoms with Crippen LogP contribution in [0.15, 0.2) is 109 Å². The van der Waals surface area contributed by atoms with Gasteiger partial charge in [-0.25, -0.2) is 4.39 Å². The highest BCUT2D eigenvalue weighted by molar-refractivity contribution is 7.19. The standard InChI is InChI=1S/C30H22FNOS/c31-23-15-11-21(12-16-23)29-27-19-33-20-28(27)30(34-29)22-13-17-26(18-14-22)32(24-7-3-1-4-8-24)25-9-5-2-6-10-25/h1-18H,19-20H2. The van der Waals surface area contributed by atoms with Crippen molar-refractivity contribution in [1.29, 1.82) is 0 Å². The summed E-state index contributed by atoms with van der Waals surface area (Å²) < 4.78 is 19.3. The Morgan fingerprint density at radius 2 is 1.00 bits per heavy atom. The highest BCUT2D eigenvalue weighted by Crippen LogP contribution is 2.46. The first-order valence-electron chi connectivity index (χ1n) is 11.3. The quantitative estimate of drug-likeness (QED) is 0.258. The highest BCUT2D eigenvalue weighted by atomic mass is 32.1. The third kappa shape index (κ3) is 3.81. The number of hydrogen-bond acceptors (Lipinski definition) is 3. The maximum absolute atomic E-state index is 13.5. The molecule has 0 bridgehead atoms. The normalized spacial score (nSPS) is 12.5. The molecule has 1 aliphatic heterocycles. The third-order valence-electron chi connectivity index (χ3n) is 6.13. The number of anilines is 3. The summed E-state index contributed by atoms with van der Waals surface area (Å²) in [6, 6.07) is 36.3.